The average Bonchev–Trinajstić information content (AvgIpc) is 2.99. The minimum absolute atomic E-state index is 0.109. The molecular formula is C9H5ClN6OS. The number of carbonyl (C=O) groups excluding carboxylic acids is 1. The van der Waals surface area contributed by atoms with Crippen molar-refractivity contribution >= 4 is 46.0 Å². The molecule has 0 aliphatic heterocycles. The van der Waals surface area contributed by atoms with E-state index in [1.807, 2.05) is 0 Å². The third-order valence-corrected chi connectivity index (χ3v) is 3.17. The van der Waals surface area contributed by atoms with E-state index in [4.69, 9.17) is 11.6 Å². The zero-order chi connectivity index (χ0) is 12.5. The Morgan fingerprint density at radius 3 is 3.11 bits per heavy atom. The molecule has 0 bridgehead atoms. The van der Waals surface area contributed by atoms with E-state index in [0.717, 1.165) is 0 Å². The van der Waals surface area contributed by atoms with E-state index in [9.17, 15) is 4.79 Å². The molecule has 0 spiro atoms. The molecule has 7 nitrogen and oxygen atoms in total. The molecule has 0 fully saturated rings. The Kier molecular flexibility index (Phi) is 2.65. The predicted octanol–water partition coefficient (Wildman–Crippen LogP) is 1.72. The standard InChI is InChI=1S/C9H5ClN6OS/c10-6-5-7(13-2-12-5)15-9(14-6)16-8(17)4-1-11-3-18-4/h1-3H,(H2,12,13,14,15,16,17). The number of thiazole rings is 1. The van der Waals surface area contributed by atoms with E-state index >= 15 is 0 Å². The highest BCUT2D eigenvalue weighted by Gasteiger charge is 2.12. The van der Waals surface area contributed by atoms with Gasteiger partial charge < -0.3 is 4.98 Å². The van der Waals surface area contributed by atoms with Crippen molar-refractivity contribution in [3.05, 3.63) is 28.1 Å². The molecule has 0 saturated carbocycles. The van der Waals surface area contributed by atoms with E-state index < -0.39 is 0 Å². The molecule has 2 N–H and O–H groups in total. The second-order valence-corrected chi connectivity index (χ2v) is 4.50. The molecule has 0 saturated heterocycles. The van der Waals surface area contributed by atoms with Crippen molar-refractivity contribution in [3.63, 3.8) is 0 Å². The summed E-state index contributed by atoms with van der Waals surface area (Å²) in [5.41, 5.74) is 2.50. The van der Waals surface area contributed by atoms with Crippen LogP contribution in [0.25, 0.3) is 11.2 Å². The Labute approximate surface area is 109 Å². The molecule has 3 aromatic heterocycles. The molecule has 1 amide bonds. The second kappa shape index (κ2) is 4.31. The maximum absolute atomic E-state index is 11.8. The smallest absolute Gasteiger partial charge is 0.269 e. The molecule has 0 unspecified atom stereocenters. The van der Waals surface area contributed by atoms with Gasteiger partial charge in [0.05, 0.1) is 18.0 Å². The molecule has 3 rings (SSSR count). The summed E-state index contributed by atoms with van der Waals surface area (Å²) in [6.07, 6.45) is 2.93. The van der Waals surface area contributed by atoms with E-state index in [-0.39, 0.29) is 17.0 Å². The number of hydrogen-bond acceptors (Lipinski definition) is 6. The van der Waals surface area contributed by atoms with Crippen molar-refractivity contribution in [1.29, 1.82) is 0 Å². The van der Waals surface area contributed by atoms with Crippen molar-refractivity contribution < 1.29 is 4.79 Å². The van der Waals surface area contributed by atoms with Crippen molar-refractivity contribution in [1.82, 2.24) is 24.9 Å². The number of nitrogens with one attached hydrogen (secondary N) is 2. The fourth-order valence-electron chi connectivity index (χ4n) is 1.34. The maximum atomic E-state index is 11.8. The Bertz CT molecular complexity index is 709. The minimum Gasteiger partial charge on any atom is -0.341 e. The van der Waals surface area contributed by atoms with Crippen LogP contribution in [0, 0.1) is 0 Å². The first-order chi connectivity index (χ1) is 8.74. The van der Waals surface area contributed by atoms with Crippen LogP contribution in [0.2, 0.25) is 5.15 Å². The van der Waals surface area contributed by atoms with Crippen molar-refractivity contribution in [2.24, 2.45) is 0 Å². The number of fused-ring (bicyclic) bond motifs is 1. The van der Waals surface area contributed by atoms with E-state index in [1.54, 1.807) is 5.51 Å². The monoisotopic (exact) mass is 280 g/mol. The predicted molar refractivity (Wildman–Crippen MR) is 66.8 cm³/mol. The van der Waals surface area contributed by atoms with Crippen LogP contribution in [0.15, 0.2) is 18.0 Å². The second-order valence-electron chi connectivity index (χ2n) is 3.26. The van der Waals surface area contributed by atoms with E-state index in [0.29, 0.717) is 16.0 Å². The highest BCUT2D eigenvalue weighted by molar-refractivity contribution is 7.11. The minimum atomic E-state index is -0.330. The quantitative estimate of drug-likeness (QED) is 0.697. The average molecular weight is 281 g/mol. The Morgan fingerprint density at radius 1 is 1.44 bits per heavy atom. The fraction of sp³-hybridized carbons (Fsp3) is 0. The van der Waals surface area contributed by atoms with Crippen LogP contribution < -0.4 is 5.32 Å². The summed E-state index contributed by atoms with van der Waals surface area (Å²) in [7, 11) is 0. The van der Waals surface area contributed by atoms with Crippen molar-refractivity contribution in [3.8, 4) is 0 Å². The molecule has 0 aliphatic rings. The summed E-state index contributed by atoms with van der Waals surface area (Å²) in [6, 6.07) is 0. The van der Waals surface area contributed by atoms with E-state index in [1.165, 1.54) is 23.9 Å². The third-order valence-electron chi connectivity index (χ3n) is 2.12. The van der Waals surface area contributed by atoms with Gasteiger partial charge in [-0.3, -0.25) is 15.1 Å². The van der Waals surface area contributed by atoms with Gasteiger partial charge in [-0.25, -0.2) is 4.98 Å². The molecule has 90 valence electrons. The van der Waals surface area contributed by atoms with Gasteiger partial charge in [0.15, 0.2) is 10.8 Å². The van der Waals surface area contributed by atoms with Gasteiger partial charge in [-0.15, -0.1) is 11.3 Å². The number of H-pyrrole nitrogens is 1. The molecule has 0 aromatic carbocycles. The van der Waals surface area contributed by atoms with Gasteiger partial charge >= 0.3 is 0 Å². The Morgan fingerprint density at radius 2 is 2.33 bits per heavy atom. The molecule has 9 heteroatoms. The van der Waals surface area contributed by atoms with Gasteiger partial charge in [-0.2, -0.15) is 9.97 Å². The summed E-state index contributed by atoms with van der Waals surface area (Å²) in [4.78, 5) is 30.8. The Hall–Kier alpha value is -2.06. The summed E-state index contributed by atoms with van der Waals surface area (Å²) in [5, 5.41) is 2.74. The first-order valence-corrected chi connectivity index (χ1v) is 6.06. The highest BCUT2D eigenvalue weighted by atomic mass is 35.5. The molecule has 3 heterocycles. The van der Waals surface area contributed by atoms with Gasteiger partial charge in [0.1, 0.15) is 10.4 Å². The normalized spacial score (nSPS) is 10.7. The van der Waals surface area contributed by atoms with Crippen LogP contribution in [0.4, 0.5) is 5.95 Å². The van der Waals surface area contributed by atoms with Crippen LogP contribution in [0.3, 0.4) is 0 Å². The van der Waals surface area contributed by atoms with Crippen LogP contribution in [-0.4, -0.2) is 30.8 Å². The number of nitrogens with zero attached hydrogens (tertiary/aromatic N) is 4. The zero-order valence-electron chi connectivity index (χ0n) is 8.72. The topological polar surface area (TPSA) is 96.5 Å². The number of aromatic amines is 1. The lowest BCUT2D eigenvalue weighted by molar-refractivity contribution is 0.102. The SMILES string of the molecule is O=C(Nc1nc(Cl)c2[nH]cnc2n1)c1cncs1. The van der Waals surface area contributed by atoms with Crippen LogP contribution in [0.5, 0.6) is 0 Å². The first-order valence-electron chi connectivity index (χ1n) is 4.80. The lowest BCUT2D eigenvalue weighted by atomic mass is 10.5. The number of hydrogen-bond donors (Lipinski definition) is 2. The van der Waals surface area contributed by atoms with Crippen LogP contribution in [-0.2, 0) is 0 Å². The molecule has 3 aromatic rings. The van der Waals surface area contributed by atoms with E-state index in [2.05, 4.69) is 30.2 Å². The molecule has 0 atom stereocenters. The lowest BCUT2D eigenvalue weighted by Gasteiger charge is -2.01. The van der Waals surface area contributed by atoms with Crippen LogP contribution in [0.1, 0.15) is 9.67 Å². The largest absolute Gasteiger partial charge is 0.341 e. The number of aromatic nitrogens is 5. The summed E-state index contributed by atoms with van der Waals surface area (Å²) in [5.74, 6) is -0.221. The lowest BCUT2D eigenvalue weighted by Crippen LogP contribution is -2.13. The highest BCUT2D eigenvalue weighted by Crippen LogP contribution is 2.18. The number of carbonyl (C=O) groups is 1. The summed E-state index contributed by atoms with van der Waals surface area (Å²) < 4.78 is 0. The zero-order valence-corrected chi connectivity index (χ0v) is 10.3. The number of imidazole rings is 1. The molecule has 0 aliphatic carbocycles. The number of rotatable bonds is 2. The van der Waals surface area contributed by atoms with Gasteiger partial charge in [0.2, 0.25) is 5.95 Å². The number of halogens is 1. The Balaban J connectivity index is 1.93. The summed E-state index contributed by atoms with van der Waals surface area (Å²) >= 11 is 7.15. The fourth-order valence-corrected chi connectivity index (χ4v) is 2.08. The number of amides is 1. The molecular weight excluding hydrogens is 276 g/mol. The van der Waals surface area contributed by atoms with Gasteiger partial charge in [0.25, 0.3) is 5.91 Å². The maximum Gasteiger partial charge on any atom is 0.269 e. The van der Waals surface area contributed by atoms with Crippen LogP contribution >= 0.6 is 22.9 Å². The number of anilines is 1. The molecule has 0 radical (unpaired) electrons. The van der Waals surface area contributed by atoms with Crippen molar-refractivity contribution in [2.75, 3.05) is 5.32 Å². The first kappa shape index (κ1) is 11.1. The molecule has 18 heavy (non-hydrogen) atoms. The van der Waals surface area contributed by atoms with Gasteiger partial charge in [0, 0.05) is 0 Å². The van der Waals surface area contributed by atoms with Gasteiger partial charge in [-0.05, 0) is 0 Å². The summed E-state index contributed by atoms with van der Waals surface area (Å²) in [6.45, 7) is 0. The third kappa shape index (κ3) is 1.91. The van der Waals surface area contributed by atoms with Crippen molar-refractivity contribution in [2.45, 2.75) is 0 Å². The van der Waals surface area contributed by atoms with Gasteiger partial charge in [-0.1, -0.05) is 11.6 Å².